The van der Waals surface area contributed by atoms with E-state index in [2.05, 4.69) is 57.3 Å². The summed E-state index contributed by atoms with van der Waals surface area (Å²) in [7, 11) is 0. The SMILES string of the molecule is CCCNCC(C)=Cc1cc(C)ccc1C. The van der Waals surface area contributed by atoms with Gasteiger partial charge in [0.2, 0.25) is 0 Å². The van der Waals surface area contributed by atoms with Gasteiger partial charge in [0.25, 0.3) is 0 Å². The molecule has 16 heavy (non-hydrogen) atoms. The van der Waals surface area contributed by atoms with Gasteiger partial charge in [-0.3, -0.25) is 0 Å². The second-order valence-corrected chi connectivity index (χ2v) is 4.53. The standard InChI is InChI=1S/C15H23N/c1-5-8-16-11-13(3)10-15-9-12(2)6-7-14(15)4/h6-7,9-10,16H,5,8,11H2,1-4H3. The fraction of sp³-hybridized carbons (Fsp3) is 0.467. The molecule has 88 valence electrons. The maximum absolute atomic E-state index is 3.42. The Hall–Kier alpha value is -1.08. The molecule has 1 aromatic rings. The molecular weight excluding hydrogens is 194 g/mol. The quantitative estimate of drug-likeness (QED) is 0.741. The molecule has 0 radical (unpaired) electrons. The van der Waals surface area contributed by atoms with Crippen LogP contribution in [0.4, 0.5) is 0 Å². The number of aryl methyl sites for hydroxylation is 2. The maximum atomic E-state index is 3.42. The molecule has 1 N–H and O–H groups in total. The first kappa shape index (κ1) is 13.0. The first-order valence-corrected chi connectivity index (χ1v) is 6.08. The summed E-state index contributed by atoms with van der Waals surface area (Å²) in [5.41, 5.74) is 5.41. The smallest absolute Gasteiger partial charge is 0.0165 e. The van der Waals surface area contributed by atoms with Gasteiger partial charge in [-0.2, -0.15) is 0 Å². The largest absolute Gasteiger partial charge is 0.313 e. The van der Waals surface area contributed by atoms with Crippen molar-refractivity contribution in [1.29, 1.82) is 0 Å². The topological polar surface area (TPSA) is 12.0 Å². The molecule has 0 spiro atoms. The average molecular weight is 217 g/mol. The van der Waals surface area contributed by atoms with Crippen LogP contribution in [0, 0.1) is 13.8 Å². The molecule has 1 aromatic carbocycles. The monoisotopic (exact) mass is 217 g/mol. The molecule has 0 fully saturated rings. The van der Waals surface area contributed by atoms with Gasteiger partial charge in [-0.15, -0.1) is 0 Å². The number of hydrogen-bond donors (Lipinski definition) is 1. The summed E-state index contributed by atoms with van der Waals surface area (Å²) in [6, 6.07) is 6.60. The van der Waals surface area contributed by atoms with E-state index >= 15 is 0 Å². The van der Waals surface area contributed by atoms with Crippen LogP contribution in [-0.2, 0) is 0 Å². The van der Waals surface area contributed by atoms with Crippen LogP contribution in [-0.4, -0.2) is 13.1 Å². The molecule has 0 saturated carbocycles. The third-order valence-electron chi connectivity index (χ3n) is 2.67. The second kappa shape index (κ2) is 6.49. The fourth-order valence-corrected chi connectivity index (χ4v) is 1.69. The van der Waals surface area contributed by atoms with Crippen molar-refractivity contribution in [3.8, 4) is 0 Å². The van der Waals surface area contributed by atoms with Crippen molar-refractivity contribution < 1.29 is 0 Å². The molecule has 0 bridgehead atoms. The molecule has 0 saturated heterocycles. The highest BCUT2D eigenvalue weighted by molar-refractivity contribution is 5.57. The first-order chi connectivity index (χ1) is 7.63. The third-order valence-corrected chi connectivity index (χ3v) is 2.67. The highest BCUT2D eigenvalue weighted by atomic mass is 14.8. The van der Waals surface area contributed by atoms with Gasteiger partial charge in [-0.1, -0.05) is 42.3 Å². The van der Waals surface area contributed by atoms with Crippen molar-refractivity contribution >= 4 is 6.08 Å². The van der Waals surface area contributed by atoms with Crippen LogP contribution in [0.5, 0.6) is 0 Å². The van der Waals surface area contributed by atoms with Crippen LogP contribution in [0.3, 0.4) is 0 Å². The number of nitrogens with one attached hydrogen (secondary N) is 1. The Kier molecular flexibility index (Phi) is 5.27. The molecule has 0 aromatic heterocycles. The maximum Gasteiger partial charge on any atom is 0.0165 e. The van der Waals surface area contributed by atoms with Gasteiger partial charge in [0.05, 0.1) is 0 Å². The lowest BCUT2D eigenvalue weighted by Gasteiger charge is -2.06. The van der Waals surface area contributed by atoms with Gasteiger partial charge in [-0.25, -0.2) is 0 Å². The molecule has 0 unspecified atom stereocenters. The second-order valence-electron chi connectivity index (χ2n) is 4.53. The summed E-state index contributed by atoms with van der Waals surface area (Å²) >= 11 is 0. The van der Waals surface area contributed by atoms with Gasteiger partial charge in [-0.05, 0) is 44.9 Å². The van der Waals surface area contributed by atoms with Gasteiger partial charge >= 0.3 is 0 Å². The Morgan fingerprint density at radius 3 is 2.75 bits per heavy atom. The van der Waals surface area contributed by atoms with Gasteiger partial charge < -0.3 is 5.32 Å². The summed E-state index contributed by atoms with van der Waals surface area (Å²) in [5, 5.41) is 3.42. The minimum Gasteiger partial charge on any atom is -0.313 e. The van der Waals surface area contributed by atoms with E-state index < -0.39 is 0 Å². The van der Waals surface area contributed by atoms with Crippen molar-refractivity contribution in [1.82, 2.24) is 5.32 Å². The van der Waals surface area contributed by atoms with Crippen LogP contribution in [0.1, 0.15) is 37.0 Å². The summed E-state index contributed by atoms with van der Waals surface area (Å²) in [6.07, 6.45) is 3.47. The fourth-order valence-electron chi connectivity index (χ4n) is 1.69. The van der Waals surface area contributed by atoms with Crippen LogP contribution in [0.25, 0.3) is 6.08 Å². The highest BCUT2D eigenvalue weighted by Crippen LogP contribution is 2.14. The summed E-state index contributed by atoms with van der Waals surface area (Å²) < 4.78 is 0. The van der Waals surface area contributed by atoms with E-state index in [9.17, 15) is 0 Å². The van der Waals surface area contributed by atoms with Gasteiger partial charge in [0.15, 0.2) is 0 Å². The first-order valence-electron chi connectivity index (χ1n) is 6.08. The van der Waals surface area contributed by atoms with Crippen molar-refractivity contribution in [2.24, 2.45) is 0 Å². The Morgan fingerprint density at radius 1 is 1.31 bits per heavy atom. The van der Waals surface area contributed by atoms with E-state index in [4.69, 9.17) is 0 Å². The molecule has 1 heteroatoms. The zero-order valence-electron chi connectivity index (χ0n) is 10.9. The molecule has 0 atom stereocenters. The number of benzene rings is 1. The summed E-state index contributed by atoms with van der Waals surface area (Å²) in [6.45, 7) is 10.8. The minimum absolute atomic E-state index is 0.987. The van der Waals surface area contributed by atoms with Crippen LogP contribution >= 0.6 is 0 Å². The van der Waals surface area contributed by atoms with Crippen molar-refractivity contribution in [2.45, 2.75) is 34.1 Å². The lowest BCUT2D eigenvalue weighted by atomic mass is 10.0. The molecule has 1 nitrogen and oxygen atoms in total. The molecular formula is C15H23N. The van der Waals surface area contributed by atoms with E-state index in [1.54, 1.807) is 0 Å². The normalized spacial score (nSPS) is 11.9. The molecule has 0 aliphatic rings. The van der Waals surface area contributed by atoms with E-state index in [1.165, 1.54) is 28.7 Å². The summed E-state index contributed by atoms with van der Waals surface area (Å²) in [5.74, 6) is 0. The van der Waals surface area contributed by atoms with E-state index in [1.807, 2.05) is 0 Å². The van der Waals surface area contributed by atoms with Gasteiger partial charge in [0, 0.05) is 6.54 Å². The average Bonchev–Trinajstić information content (AvgIpc) is 2.24. The number of rotatable bonds is 5. The van der Waals surface area contributed by atoms with Crippen molar-refractivity contribution in [3.63, 3.8) is 0 Å². The predicted molar refractivity (Wildman–Crippen MR) is 72.7 cm³/mol. The summed E-state index contributed by atoms with van der Waals surface area (Å²) in [4.78, 5) is 0. The highest BCUT2D eigenvalue weighted by Gasteiger charge is 1.96. The molecule has 0 aliphatic heterocycles. The Balaban J connectivity index is 2.69. The van der Waals surface area contributed by atoms with Crippen LogP contribution < -0.4 is 5.32 Å². The van der Waals surface area contributed by atoms with E-state index in [0.29, 0.717) is 0 Å². The molecule has 0 aliphatic carbocycles. The van der Waals surface area contributed by atoms with Crippen molar-refractivity contribution in [2.75, 3.05) is 13.1 Å². The van der Waals surface area contributed by atoms with Crippen molar-refractivity contribution in [3.05, 3.63) is 40.5 Å². The minimum atomic E-state index is 0.987. The molecule has 0 amide bonds. The van der Waals surface area contributed by atoms with Crippen LogP contribution in [0.15, 0.2) is 23.8 Å². The zero-order valence-corrected chi connectivity index (χ0v) is 10.9. The zero-order chi connectivity index (χ0) is 12.0. The predicted octanol–water partition coefficient (Wildman–Crippen LogP) is 3.71. The third kappa shape index (κ3) is 4.19. The lowest BCUT2D eigenvalue weighted by Crippen LogP contribution is -2.16. The number of hydrogen-bond acceptors (Lipinski definition) is 1. The Bertz CT molecular complexity index is 364. The van der Waals surface area contributed by atoms with E-state index in [-0.39, 0.29) is 0 Å². The van der Waals surface area contributed by atoms with E-state index in [0.717, 1.165) is 13.1 Å². The van der Waals surface area contributed by atoms with Crippen LogP contribution in [0.2, 0.25) is 0 Å². The lowest BCUT2D eigenvalue weighted by molar-refractivity contribution is 0.715. The Labute approximate surface area is 99.6 Å². The van der Waals surface area contributed by atoms with Gasteiger partial charge in [0.1, 0.15) is 0 Å². The molecule has 0 heterocycles. The molecule has 1 rings (SSSR count). The Morgan fingerprint density at radius 2 is 2.06 bits per heavy atom.